The highest BCUT2D eigenvalue weighted by Crippen LogP contribution is 2.28. The lowest BCUT2D eigenvalue weighted by Crippen LogP contribution is -2.25. The number of carbonyl (C=O) groups is 1. The van der Waals surface area contributed by atoms with Crippen molar-refractivity contribution in [3.8, 4) is 16.9 Å². The molecular weight excluding hydrogens is 590 g/mol. The number of carbonyl (C=O) groups excluding carboxylic acids is 1. The van der Waals surface area contributed by atoms with Gasteiger partial charge >= 0.3 is 0 Å². The van der Waals surface area contributed by atoms with Crippen molar-refractivity contribution >= 4 is 56.7 Å². The molecule has 2 heterocycles. The molecule has 4 aromatic rings. The summed E-state index contributed by atoms with van der Waals surface area (Å²) in [5, 5.41) is 2.83. The number of aromatic nitrogens is 4. The quantitative estimate of drug-likeness (QED) is 0.250. The van der Waals surface area contributed by atoms with Crippen LogP contribution < -0.4 is 10.9 Å². The van der Waals surface area contributed by atoms with Crippen molar-refractivity contribution in [1.82, 2.24) is 24.2 Å². The first-order chi connectivity index (χ1) is 16.8. The number of rotatable bonds is 6. The van der Waals surface area contributed by atoms with Crippen LogP contribution in [0.25, 0.3) is 16.9 Å². The number of amides is 1. The summed E-state index contributed by atoms with van der Waals surface area (Å²) in [6, 6.07) is 16.4. The molecule has 0 aliphatic rings. The first-order valence-electron chi connectivity index (χ1n) is 10.7. The number of anilines is 1. The van der Waals surface area contributed by atoms with Crippen LogP contribution in [0.4, 0.5) is 11.5 Å². The van der Waals surface area contributed by atoms with Gasteiger partial charge in [0, 0.05) is 32.4 Å². The molecule has 4 rings (SSSR count). The number of para-hydroxylation sites is 1. The Balaban J connectivity index is 0.00000361. The maximum absolute atomic E-state index is 13.1. The van der Waals surface area contributed by atoms with Crippen molar-refractivity contribution in [3.63, 3.8) is 0 Å². The molecule has 0 saturated heterocycles. The second-order valence-electron chi connectivity index (χ2n) is 8.04. The molecule has 0 atom stereocenters. The van der Waals surface area contributed by atoms with Gasteiger partial charge in [-0.15, -0.1) is 17.0 Å². The van der Waals surface area contributed by atoms with Gasteiger partial charge in [-0.05, 0) is 47.1 Å². The Morgan fingerprint density at radius 2 is 1.78 bits per heavy atom. The third-order valence-corrected chi connectivity index (χ3v) is 5.71. The van der Waals surface area contributed by atoms with Crippen molar-refractivity contribution in [2.45, 2.75) is 6.92 Å². The second kappa shape index (κ2) is 11.4. The van der Waals surface area contributed by atoms with Crippen LogP contribution in [0.2, 0.25) is 0 Å². The van der Waals surface area contributed by atoms with Crippen molar-refractivity contribution in [1.29, 1.82) is 0 Å². The SMILES string of the molecule is Br.Cc1c(C(=O)Nc2ccc(-c3nc(Br)cnc3N=CN(C)C)cc2)c(=O)n(-c2ccccc2)n1C. The summed E-state index contributed by atoms with van der Waals surface area (Å²) in [5.74, 6) is 0.00380. The largest absolute Gasteiger partial charge is 0.369 e. The highest BCUT2D eigenvalue weighted by molar-refractivity contribution is 9.10. The van der Waals surface area contributed by atoms with E-state index < -0.39 is 5.91 Å². The summed E-state index contributed by atoms with van der Waals surface area (Å²) in [5.41, 5.74) is 2.91. The molecule has 2 aromatic carbocycles. The first kappa shape index (κ1) is 27.0. The molecule has 1 amide bonds. The minimum absolute atomic E-state index is 0. The monoisotopic (exact) mass is 613 g/mol. The van der Waals surface area contributed by atoms with Gasteiger partial charge in [0.25, 0.3) is 11.5 Å². The number of hydrogen-bond donors (Lipinski definition) is 1. The minimum atomic E-state index is -0.468. The van der Waals surface area contributed by atoms with Gasteiger partial charge in [0.05, 0.1) is 23.9 Å². The summed E-state index contributed by atoms with van der Waals surface area (Å²) in [6.45, 7) is 1.75. The highest BCUT2D eigenvalue weighted by atomic mass is 79.9. The smallest absolute Gasteiger partial charge is 0.284 e. The van der Waals surface area contributed by atoms with Crippen molar-refractivity contribution in [3.05, 3.63) is 87.0 Å². The van der Waals surface area contributed by atoms with E-state index in [0.717, 1.165) is 5.56 Å². The topological polar surface area (TPSA) is 97.4 Å². The van der Waals surface area contributed by atoms with E-state index in [2.05, 4.69) is 36.2 Å². The van der Waals surface area contributed by atoms with Crippen molar-refractivity contribution < 1.29 is 4.79 Å². The van der Waals surface area contributed by atoms with Gasteiger partial charge in [0.1, 0.15) is 15.9 Å². The number of nitrogens with one attached hydrogen (secondary N) is 1. The molecule has 0 radical (unpaired) electrons. The van der Waals surface area contributed by atoms with Gasteiger partial charge in [-0.2, -0.15) is 0 Å². The van der Waals surface area contributed by atoms with Crippen LogP contribution in [0.1, 0.15) is 16.1 Å². The van der Waals surface area contributed by atoms with Gasteiger partial charge in [0.15, 0.2) is 5.82 Å². The first-order valence-corrected chi connectivity index (χ1v) is 11.5. The summed E-state index contributed by atoms with van der Waals surface area (Å²) in [6.07, 6.45) is 3.24. The maximum atomic E-state index is 13.1. The zero-order valence-electron chi connectivity index (χ0n) is 20.1. The number of nitrogens with zero attached hydrogens (tertiary/aromatic N) is 6. The Bertz CT molecular complexity index is 1460. The number of benzene rings is 2. The molecule has 0 aliphatic heterocycles. The van der Waals surface area contributed by atoms with E-state index in [-0.39, 0.29) is 28.1 Å². The standard InChI is InChI=1S/C25H24BrN7O2.BrH/c1-16-21(25(35)33(32(16)4)19-8-6-5-7-9-19)24(34)29-18-12-10-17(11-13-18)22-23(28-15-31(2)3)27-14-20(26)30-22;/h5-15H,1-4H3,(H,29,34);1H. The minimum Gasteiger partial charge on any atom is -0.369 e. The molecule has 1 N–H and O–H groups in total. The Labute approximate surface area is 227 Å². The van der Waals surface area contributed by atoms with Gasteiger partial charge in [-0.25, -0.2) is 19.6 Å². The lowest BCUT2D eigenvalue weighted by molar-refractivity contribution is 0.102. The molecular formula is C25H25Br2N7O2. The van der Waals surface area contributed by atoms with Crippen molar-refractivity contribution in [2.75, 3.05) is 19.4 Å². The molecule has 0 spiro atoms. The molecule has 36 heavy (non-hydrogen) atoms. The average molecular weight is 615 g/mol. The molecule has 2 aromatic heterocycles. The fourth-order valence-electron chi connectivity index (χ4n) is 3.55. The van der Waals surface area contributed by atoms with Crippen LogP contribution in [-0.4, -0.2) is 50.6 Å². The van der Waals surface area contributed by atoms with Gasteiger partial charge < -0.3 is 10.2 Å². The highest BCUT2D eigenvalue weighted by Gasteiger charge is 2.22. The summed E-state index contributed by atoms with van der Waals surface area (Å²) >= 11 is 3.36. The zero-order chi connectivity index (χ0) is 25.1. The fraction of sp³-hybridized carbons (Fsp3) is 0.160. The lowest BCUT2D eigenvalue weighted by atomic mass is 10.1. The van der Waals surface area contributed by atoms with E-state index in [1.165, 1.54) is 4.68 Å². The van der Waals surface area contributed by atoms with Crippen LogP contribution >= 0.6 is 32.9 Å². The van der Waals surface area contributed by atoms with Gasteiger partial charge in [-0.3, -0.25) is 14.3 Å². The number of hydrogen-bond acceptors (Lipinski definition) is 5. The van der Waals surface area contributed by atoms with E-state index in [1.807, 2.05) is 61.5 Å². The molecule has 186 valence electrons. The second-order valence-corrected chi connectivity index (χ2v) is 8.85. The van der Waals surface area contributed by atoms with E-state index in [4.69, 9.17) is 0 Å². The summed E-state index contributed by atoms with van der Waals surface area (Å²) in [4.78, 5) is 41.2. The summed E-state index contributed by atoms with van der Waals surface area (Å²) < 4.78 is 3.75. The maximum Gasteiger partial charge on any atom is 0.284 e. The van der Waals surface area contributed by atoms with Crippen LogP contribution in [0, 0.1) is 6.92 Å². The Kier molecular flexibility index (Phi) is 8.59. The Morgan fingerprint density at radius 1 is 1.11 bits per heavy atom. The van der Waals surface area contributed by atoms with E-state index >= 15 is 0 Å². The van der Waals surface area contributed by atoms with E-state index in [9.17, 15) is 9.59 Å². The van der Waals surface area contributed by atoms with Gasteiger partial charge in [0.2, 0.25) is 0 Å². The predicted octanol–water partition coefficient (Wildman–Crippen LogP) is 4.76. The van der Waals surface area contributed by atoms with Crippen LogP contribution in [-0.2, 0) is 7.05 Å². The van der Waals surface area contributed by atoms with E-state index in [0.29, 0.717) is 33.2 Å². The third-order valence-electron chi connectivity index (χ3n) is 5.33. The summed E-state index contributed by atoms with van der Waals surface area (Å²) in [7, 11) is 5.50. The van der Waals surface area contributed by atoms with Crippen LogP contribution in [0.3, 0.4) is 0 Å². The molecule has 11 heteroatoms. The lowest BCUT2D eigenvalue weighted by Gasteiger charge is -2.08. The fourth-order valence-corrected chi connectivity index (χ4v) is 3.83. The Hall–Kier alpha value is -3.57. The average Bonchev–Trinajstić information content (AvgIpc) is 3.07. The van der Waals surface area contributed by atoms with Crippen molar-refractivity contribution in [2.24, 2.45) is 12.0 Å². The molecule has 0 aliphatic carbocycles. The van der Waals surface area contributed by atoms with E-state index in [1.54, 1.807) is 43.3 Å². The van der Waals surface area contributed by atoms with Crippen LogP contribution in [0.15, 0.2) is 75.2 Å². The Morgan fingerprint density at radius 3 is 2.42 bits per heavy atom. The zero-order valence-corrected chi connectivity index (χ0v) is 23.4. The third kappa shape index (κ3) is 5.63. The molecule has 0 bridgehead atoms. The molecule has 0 saturated carbocycles. The normalized spacial score (nSPS) is 10.8. The predicted molar refractivity (Wildman–Crippen MR) is 151 cm³/mol. The van der Waals surface area contributed by atoms with Gasteiger partial charge in [-0.1, -0.05) is 30.3 Å². The molecule has 0 unspecified atom stereocenters. The molecule has 0 fully saturated rings. The van der Waals surface area contributed by atoms with Crippen LogP contribution in [0.5, 0.6) is 0 Å². The molecule has 9 nitrogen and oxygen atoms in total. The number of halogens is 2. The number of aliphatic imine (C=N–C) groups is 1.